The summed E-state index contributed by atoms with van der Waals surface area (Å²) in [6.07, 6.45) is 2.46. The van der Waals surface area contributed by atoms with Gasteiger partial charge in [-0.1, -0.05) is 36.8 Å². The second-order valence-electron chi connectivity index (χ2n) is 7.43. The van der Waals surface area contributed by atoms with Crippen LogP contribution in [0.1, 0.15) is 35.2 Å². The molecule has 1 saturated heterocycles. The van der Waals surface area contributed by atoms with E-state index >= 15 is 0 Å². The molecule has 1 fully saturated rings. The molecular weight excluding hydrogens is 384 g/mol. The van der Waals surface area contributed by atoms with Gasteiger partial charge in [-0.05, 0) is 61.0 Å². The normalized spacial score (nSPS) is 16.4. The fourth-order valence-corrected chi connectivity index (χ4v) is 5.44. The molecule has 0 aliphatic carbocycles. The zero-order valence-electron chi connectivity index (χ0n) is 16.4. The summed E-state index contributed by atoms with van der Waals surface area (Å²) in [6.45, 7) is 2.53. The van der Waals surface area contributed by atoms with E-state index in [4.69, 9.17) is 0 Å². The van der Waals surface area contributed by atoms with Crippen LogP contribution in [0.5, 0.6) is 0 Å². The Balaban J connectivity index is 1.57. The van der Waals surface area contributed by atoms with Crippen molar-refractivity contribution in [2.24, 2.45) is 0 Å². The van der Waals surface area contributed by atoms with E-state index in [1.807, 2.05) is 43.3 Å². The van der Waals surface area contributed by atoms with Crippen LogP contribution in [0.4, 0.5) is 11.4 Å². The second-order valence-corrected chi connectivity index (χ2v) is 9.44. The van der Waals surface area contributed by atoms with Crippen LogP contribution in [-0.4, -0.2) is 26.6 Å². The van der Waals surface area contributed by atoms with Gasteiger partial charge in [0.1, 0.15) is 0 Å². The molecule has 150 valence electrons. The van der Waals surface area contributed by atoms with Crippen molar-refractivity contribution in [3.63, 3.8) is 0 Å². The van der Waals surface area contributed by atoms with Crippen LogP contribution < -0.4 is 9.62 Å². The minimum Gasteiger partial charge on any atom is -0.321 e. The Labute approximate surface area is 171 Å². The minimum atomic E-state index is -3.29. The third-order valence-corrected chi connectivity index (χ3v) is 7.27. The van der Waals surface area contributed by atoms with E-state index in [1.54, 1.807) is 24.3 Å². The van der Waals surface area contributed by atoms with Gasteiger partial charge in [-0.25, -0.2) is 8.42 Å². The zero-order valence-corrected chi connectivity index (χ0v) is 17.2. The van der Waals surface area contributed by atoms with Gasteiger partial charge in [-0.15, -0.1) is 0 Å². The van der Waals surface area contributed by atoms with Gasteiger partial charge in [0.25, 0.3) is 5.91 Å². The number of hydrogen-bond donors (Lipinski definition) is 1. The molecule has 1 N–H and O–H groups in total. The van der Waals surface area contributed by atoms with Gasteiger partial charge in [0.05, 0.1) is 11.4 Å². The summed E-state index contributed by atoms with van der Waals surface area (Å²) in [4.78, 5) is 12.8. The Morgan fingerprint density at radius 1 is 0.897 bits per heavy atom. The number of carbonyl (C=O) groups excluding carboxylic acids is 1. The maximum absolute atomic E-state index is 12.8. The van der Waals surface area contributed by atoms with E-state index in [2.05, 4.69) is 5.32 Å². The first-order chi connectivity index (χ1) is 14.0. The molecule has 3 aromatic rings. The number of carbonyl (C=O) groups is 1. The van der Waals surface area contributed by atoms with Crippen molar-refractivity contribution in [2.45, 2.75) is 26.2 Å². The molecule has 5 nitrogen and oxygen atoms in total. The van der Waals surface area contributed by atoms with Gasteiger partial charge < -0.3 is 5.32 Å². The Morgan fingerprint density at radius 3 is 2.41 bits per heavy atom. The standard InChI is InChI=1S/C23H24N2O3S/c1-17-7-5-9-21-20(17)8-6-10-22(21)24-23(26)18-11-13-19(14-12-18)25-15-3-2-4-16-29(25,27)28/h5-14H,2-4,15-16H2,1H3,(H,24,26). The van der Waals surface area contributed by atoms with Gasteiger partial charge in [-0.3, -0.25) is 9.10 Å². The van der Waals surface area contributed by atoms with Gasteiger partial charge in [0, 0.05) is 23.2 Å². The molecule has 4 rings (SSSR count). The SMILES string of the molecule is Cc1cccc2c(NC(=O)c3ccc(N4CCCCCS4(=O)=O)cc3)cccc12. The number of nitrogens with one attached hydrogen (secondary N) is 1. The number of anilines is 2. The number of amides is 1. The molecule has 1 amide bonds. The van der Waals surface area contributed by atoms with Gasteiger partial charge in [-0.2, -0.15) is 0 Å². The molecule has 0 aromatic heterocycles. The minimum absolute atomic E-state index is 0.176. The highest BCUT2D eigenvalue weighted by atomic mass is 32.2. The van der Waals surface area contributed by atoms with Crippen LogP contribution in [-0.2, 0) is 10.0 Å². The Bertz CT molecular complexity index is 1150. The Hall–Kier alpha value is -2.86. The molecule has 0 spiro atoms. The molecule has 29 heavy (non-hydrogen) atoms. The third kappa shape index (κ3) is 3.98. The van der Waals surface area contributed by atoms with E-state index in [0.717, 1.165) is 34.9 Å². The zero-order chi connectivity index (χ0) is 20.4. The number of aryl methyl sites for hydroxylation is 1. The molecular formula is C23H24N2O3S. The van der Waals surface area contributed by atoms with Crippen molar-refractivity contribution in [1.29, 1.82) is 0 Å². The van der Waals surface area contributed by atoms with Gasteiger partial charge >= 0.3 is 0 Å². The first kappa shape index (κ1) is 19.5. The molecule has 6 heteroatoms. The summed E-state index contributed by atoms with van der Waals surface area (Å²) in [6, 6.07) is 18.7. The predicted molar refractivity (Wildman–Crippen MR) is 118 cm³/mol. The van der Waals surface area contributed by atoms with Crippen molar-refractivity contribution in [2.75, 3.05) is 21.9 Å². The lowest BCUT2D eigenvalue weighted by Gasteiger charge is -2.22. The van der Waals surface area contributed by atoms with Crippen molar-refractivity contribution < 1.29 is 13.2 Å². The monoisotopic (exact) mass is 408 g/mol. The Kier molecular flexibility index (Phi) is 5.28. The van der Waals surface area contributed by atoms with Crippen molar-refractivity contribution >= 4 is 38.1 Å². The summed E-state index contributed by atoms with van der Waals surface area (Å²) in [5, 5.41) is 5.08. The van der Waals surface area contributed by atoms with Crippen LogP contribution in [0.25, 0.3) is 10.8 Å². The second kappa shape index (κ2) is 7.87. The lowest BCUT2D eigenvalue weighted by atomic mass is 10.0. The summed E-state index contributed by atoms with van der Waals surface area (Å²) in [7, 11) is -3.29. The fourth-order valence-electron chi connectivity index (χ4n) is 3.81. The molecule has 0 bridgehead atoms. The average molecular weight is 409 g/mol. The summed E-state index contributed by atoms with van der Waals surface area (Å²) in [5.74, 6) is -0.0419. The summed E-state index contributed by atoms with van der Waals surface area (Å²) < 4.78 is 26.4. The molecule has 0 radical (unpaired) electrons. The van der Waals surface area contributed by atoms with Crippen molar-refractivity contribution in [1.82, 2.24) is 0 Å². The maximum Gasteiger partial charge on any atom is 0.255 e. The first-order valence-corrected chi connectivity index (χ1v) is 11.5. The lowest BCUT2D eigenvalue weighted by molar-refractivity contribution is 0.102. The van der Waals surface area contributed by atoms with E-state index in [-0.39, 0.29) is 11.7 Å². The van der Waals surface area contributed by atoms with Crippen LogP contribution in [0, 0.1) is 6.92 Å². The molecule has 1 heterocycles. The summed E-state index contributed by atoms with van der Waals surface area (Å²) >= 11 is 0. The van der Waals surface area contributed by atoms with Crippen LogP contribution in [0.15, 0.2) is 60.7 Å². The van der Waals surface area contributed by atoms with E-state index < -0.39 is 10.0 Å². The van der Waals surface area contributed by atoms with E-state index in [1.165, 1.54) is 4.31 Å². The van der Waals surface area contributed by atoms with Crippen molar-refractivity contribution in [3.05, 3.63) is 71.8 Å². The smallest absolute Gasteiger partial charge is 0.255 e. The number of benzene rings is 3. The van der Waals surface area contributed by atoms with Crippen molar-refractivity contribution in [3.8, 4) is 0 Å². The molecule has 0 atom stereocenters. The lowest BCUT2D eigenvalue weighted by Crippen LogP contribution is -2.32. The topological polar surface area (TPSA) is 66.5 Å². The van der Waals surface area contributed by atoms with Crippen LogP contribution >= 0.6 is 0 Å². The summed E-state index contributed by atoms with van der Waals surface area (Å²) in [5.41, 5.74) is 3.02. The highest BCUT2D eigenvalue weighted by molar-refractivity contribution is 7.92. The molecule has 1 aliphatic heterocycles. The fraction of sp³-hybridized carbons (Fsp3) is 0.261. The quantitative estimate of drug-likeness (QED) is 0.682. The first-order valence-electron chi connectivity index (χ1n) is 9.86. The number of nitrogens with zero attached hydrogens (tertiary/aromatic N) is 1. The molecule has 1 aliphatic rings. The molecule has 0 unspecified atom stereocenters. The van der Waals surface area contributed by atoms with E-state index in [9.17, 15) is 13.2 Å². The van der Waals surface area contributed by atoms with E-state index in [0.29, 0.717) is 24.2 Å². The Morgan fingerprint density at radius 2 is 1.62 bits per heavy atom. The van der Waals surface area contributed by atoms with Crippen LogP contribution in [0.2, 0.25) is 0 Å². The largest absolute Gasteiger partial charge is 0.321 e. The highest BCUT2D eigenvalue weighted by Gasteiger charge is 2.24. The number of sulfonamides is 1. The van der Waals surface area contributed by atoms with Gasteiger partial charge in [0.2, 0.25) is 10.0 Å². The maximum atomic E-state index is 12.8. The number of hydrogen-bond acceptors (Lipinski definition) is 3. The molecule has 0 saturated carbocycles. The number of rotatable bonds is 3. The average Bonchev–Trinajstić information content (AvgIpc) is 2.89. The molecule has 3 aromatic carbocycles. The predicted octanol–water partition coefficient (Wildman–Crippen LogP) is 4.72. The third-order valence-electron chi connectivity index (χ3n) is 5.41. The number of fused-ring (bicyclic) bond motifs is 1. The van der Waals surface area contributed by atoms with Gasteiger partial charge in [0.15, 0.2) is 0 Å². The highest BCUT2D eigenvalue weighted by Crippen LogP contribution is 2.27. The van der Waals surface area contributed by atoms with Crippen LogP contribution in [0.3, 0.4) is 0 Å².